The van der Waals surface area contributed by atoms with Crippen LogP contribution >= 0.6 is 0 Å². The van der Waals surface area contributed by atoms with Gasteiger partial charge in [-0.3, -0.25) is 4.79 Å². The Balaban J connectivity index is 2.25. The first kappa shape index (κ1) is 17.3. The lowest BCUT2D eigenvalue weighted by Crippen LogP contribution is -2.41. The third-order valence-corrected chi connectivity index (χ3v) is 3.69. The highest BCUT2D eigenvalue weighted by molar-refractivity contribution is 5.95. The third-order valence-electron chi connectivity index (χ3n) is 3.69. The van der Waals surface area contributed by atoms with E-state index in [1.807, 2.05) is 0 Å². The van der Waals surface area contributed by atoms with Gasteiger partial charge in [-0.15, -0.1) is 0 Å². The molecule has 0 aromatic heterocycles. The van der Waals surface area contributed by atoms with E-state index >= 15 is 0 Å². The van der Waals surface area contributed by atoms with Crippen LogP contribution in [0, 0.1) is 5.92 Å². The molecule has 0 aliphatic heterocycles. The highest BCUT2D eigenvalue weighted by Crippen LogP contribution is 2.39. The standard InChI is InChI=1S/C15H20F2N2O4/c1-21-11-5-9(6-12(22-2)13(11)23-15(16)17)14(20)19-10(7-18)8-3-4-8/h5-6,8,10,15H,3-4,7,18H2,1-2H3,(H,19,20). The van der Waals surface area contributed by atoms with Crippen LogP contribution in [0.25, 0.3) is 0 Å². The number of ether oxygens (including phenoxy) is 3. The zero-order valence-corrected chi connectivity index (χ0v) is 13.0. The Morgan fingerprint density at radius 3 is 2.26 bits per heavy atom. The second-order valence-electron chi connectivity index (χ2n) is 5.24. The van der Waals surface area contributed by atoms with Crippen LogP contribution in [0.5, 0.6) is 17.2 Å². The maximum atomic E-state index is 12.5. The SMILES string of the molecule is COc1cc(C(=O)NC(CN)C2CC2)cc(OC)c1OC(F)F. The molecule has 0 spiro atoms. The summed E-state index contributed by atoms with van der Waals surface area (Å²) in [6.07, 6.45) is 2.08. The Kier molecular flexibility index (Phi) is 5.59. The number of benzene rings is 1. The van der Waals surface area contributed by atoms with Gasteiger partial charge in [0.15, 0.2) is 11.5 Å². The first-order valence-electron chi connectivity index (χ1n) is 7.21. The van der Waals surface area contributed by atoms with Gasteiger partial charge in [0.05, 0.1) is 14.2 Å². The molecule has 1 unspecified atom stereocenters. The molecule has 0 bridgehead atoms. The van der Waals surface area contributed by atoms with Gasteiger partial charge in [-0.2, -0.15) is 8.78 Å². The topological polar surface area (TPSA) is 82.8 Å². The van der Waals surface area contributed by atoms with Crippen molar-refractivity contribution in [2.24, 2.45) is 11.7 Å². The Hall–Kier alpha value is -2.09. The molecule has 0 saturated heterocycles. The maximum Gasteiger partial charge on any atom is 0.387 e. The van der Waals surface area contributed by atoms with E-state index in [9.17, 15) is 13.6 Å². The summed E-state index contributed by atoms with van der Waals surface area (Å²) in [5.74, 6) is -0.239. The zero-order chi connectivity index (χ0) is 17.0. The van der Waals surface area contributed by atoms with Crippen LogP contribution in [0.4, 0.5) is 8.78 Å². The Morgan fingerprint density at radius 2 is 1.87 bits per heavy atom. The van der Waals surface area contributed by atoms with Crippen molar-refractivity contribution in [1.29, 1.82) is 0 Å². The molecule has 1 amide bonds. The third kappa shape index (κ3) is 4.22. The number of nitrogens with one attached hydrogen (secondary N) is 1. The number of hydrogen-bond acceptors (Lipinski definition) is 5. The van der Waals surface area contributed by atoms with E-state index in [1.54, 1.807) is 0 Å². The van der Waals surface area contributed by atoms with Crippen LogP contribution in [0.2, 0.25) is 0 Å². The second kappa shape index (κ2) is 7.45. The molecule has 8 heteroatoms. The molecule has 2 rings (SSSR count). The smallest absolute Gasteiger partial charge is 0.387 e. The van der Waals surface area contributed by atoms with E-state index in [2.05, 4.69) is 10.1 Å². The molecule has 1 saturated carbocycles. The summed E-state index contributed by atoms with van der Waals surface area (Å²) in [5, 5.41) is 2.84. The minimum absolute atomic E-state index is 0.00878. The lowest BCUT2D eigenvalue weighted by molar-refractivity contribution is -0.0526. The molecule has 1 fully saturated rings. The van der Waals surface area contributed by atoms with Gasteiger partial charge >= 0.3 is 6.61 Å². The molecule has 1 aliphatic rings. The zero-order valence-electron chi connectivity index (χ0n) is 13.0. The summed E-state index contributed by atoms with van der Waals surface area (Å²) < 4.78 is 39.5. The van der Waals surface area contributed by atoms with Crippen LogP contribution < -0.4 is 25.3 Å². The minimum Gasteiger partial charge on any atom is -0.493 e. The molecule has 128 valence electrons. The van der Waals surface area contributed by atoms with E-state index in [0.29, 0.717) is 12.5 Å². The highest BCUT2D eigenvalue weighted by Gasteiger charge is 2.31. The van der Waals surface area contributed by atoms with Gasteiger partial charge in [0, 0.05) is 18.2 Å². The van der Waals surface area contributed by atoms with Crippen LogP contribution in [0.3, 0.4) is 0 Å². The summed E-state index contributed by atoms with van der Waals surface area (Å²) in [6, 6.07) is 2.56. The molecule has 1 aliphatic carbocycles. The predicted molar refractivity (Wildman–Crippen MR) is 79.2 cm³/mol. The number of rotatable bonds is 8. The lowest BCUT2D eigenvalue weighted by atomic mass is 10.1. The van der Waals surface area contributed by atoms with E-state index in [4.69, 9.17) is 15.2 Å². The van der Waals surface area contributed by atoms with Crippen molar-refractivity contribution < 1.29 is 27.8 Å². The van der Waals surface area contributed by atoms with Crippen molar-refractivity contribution in [3.8, 4) is 17.2 Å². The van der Waals surface area contributed by atoms with E-state index in [0.717, 1.165) is 12.8 Å². The van der Waals surface area contributed by atoms with E-state index in [1.165, 1.54) is 26.4 Å². The summed E-state index contributed by atoms with van der Waals surface area (Å²) in [7, 11) is 2.59. The summed E-state index contributed by atoms with van der Waals surface area (Å²) in [5.41, 5.74) is 5.89. The van der Waals surface area contributed by atoms with E-state index < -0.39 is 6.61 Å². The van der Waals surface area contributed by atoms with Crippen molar-refractivity contribution in [3.63, 3.8) is 0 Å². The van der Waals surface area contributed by atoms with Gasteiger partial charge in [-0.1, -0.05) is 0 Å². The van der Waals surface area contributed by atoms with Crippen LogP contribution in [-0.2, 0) is 0 Å². The quantitative estimate of drug-likeness (QED) is 0.759. The van der Waals surface area contributed by atoms with Crippen molar-refractivity contribution in [2.75, 3.05) is 20.8 Å². The van der Waals surface area contributed by atoms with Gasteiger partial charge in [0.2, 0.25) is 5.75 Å². The van der Waals surface area contributed by atoms with Crippen molar-refractivity contribution >= 4 is 5.91 Å². The van der Waals surface area contributed by atoms with Gasteiger partial charge in [0.25, 0.3) is 5.91 Å². The number of methoxy groups -OCH3 is 2. The fourth-order valence-corrected chi connectivity index (χ4v) is 2.34. The van der Waals surface area contributed by atoms with Crippen molar-refractivity contribution in [1.82, 2.24) is 5.32 Å². The fraction of sp³-hybridized carbons (Fsp3) is 0.533. The van der Waals surface area contributed by atoms with Crippen LogP contribution in [-0.4, -0.2) is 39.3 Å². The summed E-state index contributed by atoms with van der Waals surface area (Å²) in [6.45, 7) is -2.69. The molecular formula is C15H20F2N2O4. The molecule has 3 N–H and O–H groups in total. The highest BCUT2D eigenvalue weighted by atomic mass is 19.3. The summed E-state index contributed by atoms with van der Waals surface area (Å²) >= 11 is 0. The average molecular weight is 330 g/mol. The van der Waals surface area contributed by atoms with Gasteiger partial charge < -0.3 is 25.3 Å². The van der Waals surface area contributed by atoms with Crippen molar-refractivity contribution in [3.05, 3.63) is 17.7 Å². The molecular weight excluding hydrogens is 310 g/mol. The van der Waals surface area contributed by atoms with Gasteiger partial charge in [-0.05, 0) is 30.9 Å². The Labute approximate surface area is 132 Å². The number of hydrogen-bond donors (Lipinski definition) is 2. The number of amides is 1. The Morgan fingerprint density at radius 1 is 1.30 bits per heavy atom. The normalized spacial score (nSPS) is 15.2. The van der Waals surface area contributed by atoms with Crippen LogP contribution in [0.1, 0.15) is 23.2 Å². The largest absolute Gasteiger partial charge is 0.493 e. The Bertz CT molecular complexity index is 539. The first-order chi connectivity index (χ1) is 11.0. The molecule has 23 heavy (non-hydrogen) atoms. The predicted octanol–water partition coefficient (Wildman–Crippen LogP) is 1.77. The van der Waals surface area contributed by atoms with Crippen LogP contribution in [0.15, 0.2) is 12.1 Å². The molecule has 0 heterocycles. The number of carbonyl (C=O) groups is 1. The monoisotopic (exact) mass is 330 g/mol. The van der Waals surface area contributed by atoms with Crippen molar-refractivity contribution in [2.45, 2.75) is 25.5 Å². The molecule has 1 aromatic rings. The average Bonchev–Trinajstić information content (AvgIpc) is 3.36. The lowest BCUT2D eigenvalue weighted by Gasteiger charge is -2.18. The molecule has 1 atom stereocenters. The number of halogens is 2. The van der Waals surface area contributed by atoms with Gasteiger partial charge in [-0.25, -0.2) is 0 Å². The second-order valence-corrected chi connectivity index (χ2v) is 5.24. The number of carbonyl (C=O) groups excluding carboxylic acids is 1. The molecule has 6 nitrogen and oxygen atoms in total. The number of alkyl halides is 2. The van der Waals surface area contributed by atoms with Gasteiger partial charge in [0.1, 0.15) is 0 Å². The fourth-order valence-electron chi connectivity index (χ4n) is 2.34. The first-order valence-corrected chi connectivity index (χ1v) is 7.21. The summed E-state index contributed by atoms with van der Waals surface area (Å²) in [4.78, 5) is 12.3. The van der Waals surface area contributed by atoms with E-state index in [-0.39, 0.29) is 34.8 Å². The number of nitrogens with two attached hydrogens (primary N) is 1. The molecule has 1 aromatic carbocycles. The maximum absolute atomic E-state index is 12.5. The molecule has 0 radical (unpaired) electrons. The minimum atomic E-state index is -3.03.